The van der Waals surface area contributed by atoms with Crippen molar-refractivity contribution in [3.8, 4) is 11.3 Å². The van der Waals surface area contributed by atoms with Crippen LogP contribution < -0.4 is 5.32 Å². The third-order valence-corrected chi connectivity index (χ3v) is 3.06. The minimum Gasteiger partial charge on any atom is -0.466 e. The van der Waals surface area contributed by atoms with Crippen LogP contribution in [-0.2, 0) is 14.3 Å². The Hall–Kier alpha value is -2.56. The minimum absolute atomic E-state index is 0.0867. The van der Waals surface area contributed by atoms with Crippen molar-refractivity contribution in [1.29, 1.82) is 0 Å². The molecule has 2 rings (SSSR count). The van der Waals surface area contributed by atoms with Crippen LogP contribution in [0.25, 0.3) is 11.3 Å². The van der Waals surface area contributed by atoms with Gasteiger partial charge in [0.1, 0.15) is 11.5 Å². The number of furan rings is 1. The summed E-state index contributed by atoms with van der Waals surface area (Å²) in [5.74, 6) is 1.07. The van der Waals surface area contributed by atoms with Crippen molar-refractivity contribution in [2.45, 2.75) is 26.7 Å². The molecule has 0 unspecified atom stereocenters. The van der Waals surface area contributed by atoms with Gasteiger partial charge >= 0.3 is 5.97 Å². The molecule has 0 aliphatic heterocycles. The van der Waals surface area contributed by atoms with Gasteiger partial charge in [0.25, 0.3) is 0 Å². The summed E-state index contributed by atoms with van der Waals surface area (Å²) >= 11 is 0. The molecule has 1 heterocycles. The largest absolute Gasteiger partial charge is 0.466 e. The lowest BCUT2D eigenvalue weighted by Crippen LogP contribution is -2.14. The Morgan fingerprint density at radius 3 is 2.41 bits per heavy atom. The molecule has 0 saturated heterocycles. The second-order valence-corrected chi connectivity index (χ2v) is 4.84. The smallest absolute Gasteiger partial charge is 0.306 e. The highest BCUT2D eigenvalue weighted by Crippen LogP contribution is 2.23. The van der Waals surface area contributed by atoms with Gasteiger partial charge < -0.3 is 14.5 Å². The molecule has 1 aromatic carbocycles. The predicted molar refractivity (Wildman–Crippen MR) is 83.4 cm³/mol. The van der Waals surface area contributed by atoms with Crippen molar-refractivity contribution in [3.63, 3.8) is 0 Å². The third kappa shape index (κ3) is 4.48. The molecule has 116 valence electrons. The second-order valence-electron chi connectivity index (χ2n) is 4.84. The molecule has 5 heteroatoms. The van der Waals surface area contributed by atoms with Crippen LogP contribution >= 0.6 is 0 Å². The average Bonchev–Trinajstić information content (AvgIpc) is 2.93. The van der Waals surface area contributed by atoms with Crippen molar-refractivity contribution in [1.82, 2.24) is 0 Å². The van der Waals surface area contributed by atoms with E-state index in [0.29, 0.717) is 12.3 Å². The topological polar surface area (TPSA) is 68.5 Å². The molecule has 0 radical (unpaired) electrons. The Morgan fingerprint density at radius 2 is 1.82 bits per heavy atom. The first kappa shape index (κ1) is 15.8. The van der Waals surface area contributed by atoms with Gasteiger partial charge in [-0.05, 0) is 50.2 Å². The minimum atomic E-state index is -0.360. The molecule has 5 nitrogen and oxygen atoms in total. The molecular formula is C17H19NO4. The molecule has 0 bridgehead atoms. The van der Waals surface area contributed by atoms with Gasteiger partial charge in [-0.2, -0.15) is 0 Å². The van der Waals surface area contributed by atoms with Crippen molar-refractivity contribution >= 4 is 17.6 Å². The van der Waals surface area contributed by atoms with E-state index in [4.69, 9.17) is 9.15 Å². The maximum atomic E-state index is 11.7. The number of nitrogens with one attached hydrogen (secondary N) is 1. The Balaban J connectivity index is 1.88. The zero-order valence-electron chi connectivity index (χ0n) is 12.7. The van der Waals surface area contributed by atoms with Crippen LogP contribution in [0.2, 0.25) is 0 Å². The normalized spacial score (nSPS) is 10.3. The van der Waals surface area contributed by atoms with Crippen LogP contribution in [-0.4, -0.2) is 18.5 Å². The highest BCUT2D eigenvalue weighted by atomic mass is 16.5. The van der Waals surface area contributed by atoms with Crippen LogP contribution in [0.15, 0.2) is 40.8 Å². The van der Waals surface area contributed by atoms with Gasteiger partial charge in [0.15, 0.2) is 0 Å². The number of hydrogen-bond donors (Lipinski definition) is 1. The van der Waals surface area contributed by atoms with Crippen molar-refractivity contribution < 1.29 is 18.7 Å². The number of aryl methyl sites for hydroxylation is 1. The highest BCUT2D eigenvalue weighted by molar-refractivity contribution is 5.92. The van der Waals surface area contributed by atoms with Crippen LogP contribution in [0, 0.1) is 6.92 Å². The zero-order valence-corrected chi connectivity index (χ0v) is 12.7. The standard InChI is InChI=1S/C17H19NO4/c1-3-21-17(20)11-10-16(19)18-14-7-5-13(6-8-14)15-9-4-12(2)22-15/h4-9H,3,10-11H2,1-2H3,(H,18,19). The quantitative estimate of drug-likeness (QED) is 0.829. The maximum absolute atomic E-state index is 11.7. The van der Waals surface area contributed by atoms with E-state index in [9.17, 15) is 9.59 Å². The monoisotopic (exact) mass is 301 g/mol. The summed E-state index contributed by atoms with van der Waals surface area (Å²) < 4.78 is 10.3. The molecule has 0 spiro atoms. The first-order valence-corrected chi connectivity index (χ1v) is 7.21. The van der Waals surface area contributed by atoms with Crippen molar-refractivity contribution in [2.75, 3.05) is 11.9 Å². The number of hydrogen-bond acceptors (Lipinski definition) is 4. The van der Waals surface area contributed by atoms with Gasteiger partial charge in [-0.3, -0.25) is 9.59 Å². The fraction of sp³-hybridized carbons (Fsp3) is 0.294. The highest BCUT2D eigenvalue weighted by Gasteiger charge is 2.08. The number of ether oxygens (including phenoxy) is 1. The van der Waals surface area contributed by atoms with E-state index in [1.807, 2.05) is 31.2 Å². The Bertz CT molecular complexity index is 643. The second kappa shape index (κ2) is 7.45. The lowest BCUT2D eigenvalue weighted by Gasteiger charge is -2.06. The van der Waals surface area contributed by atoms with Crippen LogP contribution in [0.3, 0.4) is 0 Å². The molecule has 0 aliphatic rings. The van der Waals surface area contributed by atoms with Gasteiger partial charge in [0, 0.05) is 17.7 Å². The van der Waals surface area contributed by atoms with Gasteiger partial charge in [-0.1, -0.05) is 0 Å². The number of esters is 1. The van der Waals surface area contributed by atoms with E-state index >= 15 is 0 Å². The van der Waals surface area contributed by atoms with Crippen LogP contribution in [0.1, 0.15) is 25.5 Å². The fourth-order valence-electron chi connectivity index (χ4n) is 1.98. The number of carbonyl (C=O) groups is 2. The summed E-state index contributed by atoms with van der Waals surface area (Å²) in [5, 5.41) is 2.75. The summed E-state index contributed by atoms with van der Waals surface area (Å²) in [4.78, 5) is 22.9. The van der Waals surface area contributed by atoms with Gasteiger partial charge in [0.05, 0.1) is 13.0 Å². The van der Waals surface area contributed by atoms with E-state index < -0.39 is 0 Å². The summed E-state index contributed by atoms with van der Waals surface area (Å²) in [6.45, 7) is 3.95. The fourth-order valence-corrected chi connectivity index (χ4v) is 1.98. The van der Waals surface area contributed by atoms with Crippen LogP contribution in [0.5, 0.6) is 0 Å². The van der Waals surface area contributed by atoms with Crippen LogP contribution in [0.4, 0.5) is 5.69 Å². The van der Waals surface area contributed by atoms with E-state index in [2.05, 4.69) is 5.32 Å². The average molecular weight is 301 g/mol. The summed E-state index contributed by atoms with van der Waals surface area (Å²) in [7, 11) is 0. The molecule has 1 N–H and O–H groups in total. The SMILES string of the molecule is CCOC(=O)CCC(=O)Nc1ccc(-c2ccc(C)o2)cc1. The Kier molecular flexibility index (Phi) is 5.36. The van der Waals surface area contributed by atoms with E-state index in [1.165, 1.54) is 0 Å². The van der Waals surface area contributed by atoms with Gasteiger partial charge in [-0.15, -0.1) is 0 Å². The van der Waals surface area contributed by atoms with E-state index in [0.717, 1.165) is 17.1 Å². The molecule has 22 heavy (non-hydrogen) atoms. The zero-order chi connectivity index (χ0) is 15.9. The van der Waals surface area contributed by atoms with Gasteiger partial charge in [0.2, 0.25) is 5.91 Å². The Morgan fingerprint density at radius 1 is 1.09 bits per heavy atom. The number of carbonyl (C=O) groups excluding carboxylic acids is 2. The first-order chi connectivity index (χ1) is 10.6. The molecule has 0 atom stereocenters. The summed E-state index contributed by atoms with van der Waals surface area (Å²) in [6, 6.07) is 11.2. The number of rotatable bonds is 6. The first-order valence-electron chi connectivity index (χ1n) is 7.21. The lowest BCUT2D eigenvalue weighted by atomic mass is 10.1. The van der Waals surface area contributed by atoms with E-state index in [-0.39, 0.29) is 24.7 Å². The predicted octanol–water partition coefficient (Wildman–Crippen LogP) is 3.54. The molecular weight excluding hydrogens is 282 g/mol. The van der Waals surface area contributed by atoms with Gasteiger partial charge in [-0.25, -0.2) is 0 Å². The molecule has 1 amide bonds. The Labute approximate surface area is 129 Å². The molecule has 0 aliphatic carbocycles. The summed E-state index contributed by atoms with van der Waals surface area (Å²) in [6.07, 6.45) is 0.196. The summed E-state index contributed by atoms with van der Waals surface area (Å²) in [5.41, 5.74) is 1.62. The molecule has 2 aromatic rings. The van der Waals surface area contributed by atoms with E-state index in [1.54, 1.807) is 19.1 Å². The molecule has 1 aromatic heterocycles. The third-order valence-electron chi connectivity index (χ3n) is 3.06. The van der Waals surface area contributed by atoms with Crippen molar-refractivity contribution in [2.24, 2.45) is 0 Å². The number of amides is 1. The number of benzene rings is 1. The number of anilines is 1. The maximum Gasteiger partial charge on any atom is 0.306 e. The lowest BCUT2D eigenvalue weighted by molar-refractivity contribution is -0.144. The molecule has 0 fully saturated rings. The molecule has 0 saturated carbocycles. The van der Waals surface area contributed by atoms with Crippen molar-refractivity contribution in [3.05, 3.63) is 42.2 Å².